The third kappa shape index (κ3) is 2.42. The maximum absolute atomic E-state index is 5.94. The Labute approximate surface area is 129 Å². The number of oxazole rings is 1. The van der Waals surface area contributed by atoms with E-state index >= 15 is 0 Å². The van der Waals surface area contributed by atoms with Gasteiger partial charge >= 0.3 is 0 Å². The number of rotatable bonds is 3. The summed E-state index contributed by atoms with van der Waals surface area (Å²) >= 11 is 3.39. The lowest BCUT2D eigenvalue weighted by molar-refractivity contribution is 0.355. The van der Waals surface area contributed by atoms with Crippen molar-refractivity contribution in [3.63, 3.8) is 0 Å². The Kier molecular flexibility index (Phi) is 3.47. The summed E-state index contributed by atoms with van der Waals surface area (Å²) in [6.45, 7) is 0. The lowest BCUT2D eigenvalue weighted by Gasteiger charge is -2.07. The van der Waals surface area contributed by atoms with Crippen LogP contribution >= 0.6 is 15.9 Å². The zero-order valence-electron chi connectivity index (χ0n) is 11.5. The number of fused-ring (bicyclic) bond motifs is 1. The van der Waals surface area contributed by atoms with Gasteiger partial charge < -0.3 is 19.6 Å². The number of nitrogen functional groups attached to an aromatic ring is 1. The van der Waals surface area contributed by atoms with Gasteiger partial charge in [-0.25, -0.2) is 4.98 Å². The van der Waals surface area contributed by atoms with Crippen molar-refractivity contribution in [2.24, 2.45) is 0 Å². The molecule has 0 aliphatic carbocycles. The molecule has 0 fully saturated rings. The molecule has 1 heterocycles. The molecule has 0 saturated heterocycles. The van der Waals surface area contributed by atoms with Crippen LogP contribution in [0.15, 0.2) is 39.2 Å². The molecular formula is C15H13BrN2O3. The molecule has 3 aromatic rings. The number of hydrogen-bond donors (Lipinski definition) is 1. The minimum absolute atomic E-state index is 0.482. The molecule has 0 aliphatic rings. The first kappa shape index (κ1) is 13.8. The second kappa shape index (κ2) is 5.29. The largest absolute Gasteiger partial charge is 0.493 e. The molecule has 0 spiro atoms. The van der Waals surface area contributed by atoms with Crippen molar-refractivity contribution < 1.29 is 13.9 Å². The van der Waals surface area contributed by atoms with Gasteiger partial charge in [0.15, 0.2) is 17.1 Å². The molecule has 108 valence electrons. The van der Waals surface area contributed by atoms with Crippen LogP contribution < -0.4 is 15.2 Å². The summed E-state index contributed by atoms with van der Waals surface area (Å²) < 4.78 is 17.1. The maximum atomic E-state index is 5.94. The fraction of sp³-hybridized carbons (Fsp3) is 0.133. The average Bonchev–Trinajstić information content (AvgIpc) is 2.90. The number of hydrogen-bond acceptors (Lipinski definition) is 5. The lowest BCUT2D eigenvalue weighted by atomic mass is 10.2. The molecule has 5 nitrogen and oxygen atoms in total. The van der Waals surface area contributed by atoms with E-state index in [-0.39, 0.29) is 0 Å². The molecule has 2 aromatic carbocycles. The second-order valence-electron chi connectivity index (χ2n) is 4.43. The van der Waals surface area contributed by atoms with Gasteiger partial charge in [-0.1, -0.05) is 15.9 Å². The Morgan fingerprint density at radius 2 is 1.86 bits per heavy atom. The zero-order chi connectivity index (χ0) is 15.0. The van der Waals surface area contributed by atoms with E-state index in [4.69, 9.17) is 19.6 Å². The van der Waals surface area contributed by atoms with E-state index in [1.165, 1.54) is 0 Å². The number of aromatic nitrogens is 1. The highest BCUT2D eigenvalue weighted by molar-refractivity contribution is 9.10. The van der Waals surface area contributed by atoms with E-state index in [1.54, 1.807) is 20.3 Å². The number of ether oxygens (including phenoxy) is 2. The van der Waals surface area contributed by atoms with Gasteiger partial charge in [-0.3, -0.25) is 0 Å². The highest BCUT2D eigenvalue weighted by atomic mass is 79.9. The Bertz CT molecular complexity index is 814. The summed E-state index contributed by atoms with van der Waals surface area (Å²) in [5, 5.41) is 0. The lowest BCUT2D eigenvalue weighted by Crippen LogP contribution is -1.90. The molecule has 1 aromatic heterocycles. The monoisotopic (exact) mass is 348 g/mol. The number of halogens is 1. The third-order valence-corrected chi connectivity index (χ3v) is 3.57. The van der Waals surface area contributed by atoms with Gasteiger partial charge in [0, 0.05) is 10.0 Å². The standard InChI is InChI=1S/C15H13BrN2O3/c1-19-12-4-3-8(5-13(12)20-2)15-18-11-7-9(16)6-10(17)14(11)21-15/h3-7H,17H2,1-2H3. The molecule has 0 saturated carbocycles. The molecule has 6 heteroatoms. The van der Waals surface area contributed by atoms with E-state index in [2.05, 4.69) is 20.9 Å². The topological polar surface area (TPSA) is 70.5 Å². The molecule has 0 bridgehead atoms. The smallest absolute Gasteiger partial charge is 0.227 e. The van der Waals surface area contributed by atoms with Crippen molar-refractivity contribution in [1.82, 2.24) is 4.98 Å². The molecule has 0 aliphatic heterocycles. The number of anilines is 1. The van der Waals surface area contributed by atoms with Crippen LogP contribution in [0.1, 0.15) is 0 Å². The van der Waals surface area contributed by atoms with Crippen LogP contribution in [0.2, 0.25) is 0 Å². The molecular weight excluding hydrogens is 336 g/mol. The molecule has 0 atom stereocenters. The second-order valence-corrected chi connectivity index (χ2v) is 5.35. The highest BCUT2D eigenvalue weighted by Crippen LogP contribution is 2.35. The van der Waals surface area contributed by atoms with Gasteiger partial charge in [-0.2, -0.15) is 0 Å². The van der Waals surface area contributed by atoms with Gasteiger partial charge in [-0.05, 0) is 30.3 Å². The number of benzene rings is 2. The van der Waals surface area contributed by atoms with Crippen molar-refractivity contribution in [3.8, 4) is 23.0 Å². The predicted molar refractivity (Wildman–Crippen MR) is 84.7 cm³/mol. The van der Waals surface area contributed by atoms with Gasteiger partial charge in [0.05, 0.1) is 19.9 Å². The normalized spacial score (nSPS) is 10.8. The van der Waals surface area contributed by atoms with Crippen LogP contribution in [0.25, 0.3) is 22.6 Å². The van der Waals surface area contributed by atoms with E-state index in [0.29, 0.717) is 34.2 Å². The molecule has 2 N–H and O–H groups in total. The zero-order valence-corrected chi connectivity index (χ0v) is 13.1. The molecule has 0 amide bonds. The van der Waals surface area contributed by atoms with Gasteiger partial charge in [0.2, 0.25) is 5.89 Å². The quantitative estimate of drug-likeness (QED) is 0.727. The SMILES string of the molecule is COc1ccc(-c2nc3cc(Br)cc(N)c3o2)cc1OC. The van der Waals surface area contributed by atoms with E-state index in [1.807, 2.05) is 24.3 Å². The van der Waals surface area contributed by atoms with E-state index in [0.717, 1.165) is 10.0 Å². The first-order valence-corrected chi connectivity index (χ1v) is 6.99. The van der Waals surface area contributed by atoms with E-state index in [9.17, 15) is 0 Å². The minimum Gasteiger partial charge on any atom is -0.493 e. The Morgan fingerprint density at radius 1 is 1.10 bits per heavy atom. The van der Waals surface area contributed by atoms with Crippen molar-refractivity contribution >= 4 is 32.7 Å². The van der Waals surface area contributed by atoms with Crippen molar-refractivity contribution in [2.75, 3.05) is 20.0 Å². The summed E-state index contributed by atoms with van der Waals surface area (Å²) in [5.41, 5.74) is 8.55. The van der Waals surface area contributed by atoms with Gasteiger partial charge in [0.25, 0.3) is 0 Å². The maximum Gasteiger partial charge on any atom is 0.227 e. The first-order valence-electron chi connectivity index (χ1n) is 6.20. The van der Waals surface area contributed by atoms with Gasteiger partial charge in [0.1, 0.15) is 5.52 Å². The van der Waals surface area contributed by atoms with Crippen LogP contribution in [0.3, 0.4) is 0 Å². The summed E-state index contributed by atoms with van der Waals surface area (Å²) in [6.07, 6.45) is 0. The third-order valence-electron chi connectivity index (χ3n) is 3.11. The summed E-state index contributed by atoms with van der Waals surface area (Å²) in [5.74, 6) is 1.75. The Morgan fingerprint density at radius 3 is 2.57 bits per heavy atom. The van der Waals surface area contributed by atoms with Crippen LogP contribution in [0.4, 0.5) is 5.69 Å². The fourth-order valence-electron chi connectivity index (χ4n) is 2.12. The number of nitrogens with two attached hydrogens (primary N) is 1. The Balaban J connectivity index is 2.14. The van der Waals surface area contributed by atoms with Crippen molar-refractivity contribution in [3.05, 3.63) is 34.8 Å². The molecule has 21 heavy (non-hydrogen) atoms. The molecule has 3 rings (SSSR count). The fourth-order valence-corrected chi connectivity index (χ4v) is 2.58. The van der Waals surface area contributed by atoms with E-state index < -0.39 is 0 Å². The molecule has 0 radical (unpaired) electrons. The van der Waals surface area contributed by atoms with Gasteiger partial charge in [-0.15, -0.1) is 0 Å². The van der Waals surface area contributed by atoms with Crippen LogP contribution in [-0.4, -0.2) is 19.2 Å². The highest BCUT2D eigenvalue weighted by Gasteiger charge is 2.13. The Hall–Kier alpha value is -2.21. The average molecular weight is 349 g/mol. The summed E-state index contributed by atoms with van der Waals surface area (Å²) in [4.78, 5) is 4.46. The van der Waals surface area contributed by atoms with Crippen molar-refractivity contribution in [1.29, 1.82) is 0 Å². The number of nitrogens with zero attached hydrogens (tertiary/aromatic N) is 1. The first-order chi connectivity index (χ1) is 10.1. The van der Waals surface area contributed by atoms with Crippen LogP contribution in [0.5, 0.6) is 11.5 Å². The van der Waals surface area contributed by atoms with Crippen LogP contribution in [0, 0.1) is 0 Å². The number of methoxy groups -OCH3 is 2. The minimum atomic E-state index is 0.482. The van der Waals surface area contributed by atoms with Crippen LogP contribution in [-0.2, 0) is 0 Å². The van der Waals surface area contributed by atoms with Crippen molar-refractivity contribution in [2.45, 2.75) is 0 Å². The summed E-state index contributed by atoms with van der Waals surface area (Å²) in [6, 6.07) is 9.12. The molecule has 0 unspecified atom stereocenters. The summed E-state index contributed by atoms with van der Waals surface area (Å²) in [7, 11) is 3.18. The predicted octanol–water partition coefficient (Wildman–Crippen LogP) is 3.86.